The number of carbonyl (C=O) groups is 2. The number of nitrogens with one attached hydrogen (secondary N) is 1. The van der Waals surface area contributed by atoms with Gasteiger partial charge >= 0.3 is 0 Å². The molecule has 0 radical (unpaired) electrons. The summed E-state index contributed by atoms with van der Waals surface area (Å²) in [4.78, 5) is 28.1. The van der Waals surface area contributed by atoms with Crippen molar-refractivity contribution in [2.75, 3.05) is 17.9 Å². The summed E-state index contributed by atoms with van der Waals surface area (Å²) in [5.74, 6) is -0.757. The first-order valence-electron chi connectivity index (χ1n) is 12.0. The predicted molar refractivity (Wildman–Crippen MR) is 142 cm³/mol. The second-order valence-electron chi connectivity index (χ2n) is 8.35. The largest absolute Gasteiger partial charge is 0.357 e. The lowest BCUT2D eigenvalue weighted by Gasteiger charge is -2.33. The van der Waals surface area contributed by atoms with E-state index in [1.54, 1.807) is 30.3 Å². The van der Waals surface area contributed by atoms with Crippen molar-refractivity contribution in [1.29, 1.82) is 0 Å². The number of likely N-dealkylation sites (N-methyl/N-ethyl adjacent to an activating group) is 1. The highest BCUT2D eigenvalue weighted by atomic mass is 32.2. The second-order valence-corrected chi connectivity index (χ2v) is 10.2. The molecular weight excluding hydrogens is 474 g/mol. The molecule has 7 nitrogen and oxygen atoms in total. The number of amides is 2. The van der Waals surface area contributed by atoms with Gasteiger partial charge in [0.1, 0.15) is 12.6 Å². The molecule has 3 aromatic carbocycles. The molecule has 0 aliphatic rings. The minimum Gasteiger partial charge on any atom is -0.357 e. The van der Waals surface area contributed by atoms with Crippen molar-refractivity contribution in [3.05, 3.63) is 96.1 Å². The molecule has 0 aliphatic carbocycles. The Hall–Kier alpha value is -3.65. The van der Waals surface area contributed by atoms with Crippen molar-refractivity contribution < 1.29 is 18.0 Å². The maximum absolute atomic E-state index is 13.9. The number of nitrogens with zero attached hydrogens (tertiary/aromatic N) is 2. The van der Waals surface area contributed by atoms with E-state index in [1.807, 2.05) is 56.3 Å². The van der Waals surface area contributed by atoms with Crippen LogP contribution in [0, 0.1) is 0 Å². The van der Waals surface area contributed by atoms with Crippen molar-refractivity contribution in [2.45, 2.75) is 44.2 Å². The van der Waals surface area contributed by atoms with E-state index in [1.165, 1.54) is 24.1 Å². The highest BCUT2D eigenvalue weighted by Crippen LogP contribution is 2.28. The van der Waals surface area contributed by atoms with Gasteiger partial charge in [0.25, 0.3) is 10.0 Å². The fourth-order valence-corrected chi connectivity index (χ4v) is 5.63. The topological polar surface area (TPSA) is 86.8 Å². The lowest BCUT2D eigenvalue weighted by atomic mass is 10.1. The van der Waals surface area contributed by atoms with E-state index in [9.17, 15) is 18.0 Å². The van der Waals surface area contributed by atoms with Gasteiger partial charge < -0.3 is 10.2 Å². The minimum absolute atomic E-state index is 0.0941. The first-order valence-corrected chi connectivity index (χ1v) is 13.5. The summed E-state index contributed by atoms with van der Waals surface area (Å²) in [6.45, 7) is 3.51. The number of para-hydroxylation sites is 1. The molecule has 8 heteroatoms. The number of hydrogen-bond acceptors (Lipinski definition) is 4. The zero-order valence-electron chi connectivity index (χ0n) is 20.9. The van der Waals surface area contributed by atoms with Crippen LogP contribution < -0.4 is 9.62 Å². The summed E-state index contributed by atoms with van der Waals surface area (Å²) >= 11 is 0. The average Bonchev–Trinajstić information content (AvgIpc) is 2.92. The van der Waals surface area contributed by atoms with Crippen LogP contribution in [-0.4, -0.2) is 44.8 Å². The van der Waals surface area contributed by atoms with Gasteiger partial charge in [0.05, 0.1) is 10.6 Å². The van der Waals surface area contributed by atoms with Crippen LogP contribution >= 0.6 is 0 Å². The Morgan fingerprint density at radius 2 is 1.44 bits per heavy atom. The lowest BCUT2D eigenvalue weighted by Crippen LogP contribution is -2.51. The normalized spacial score (nSPS) is 12.0. The molecule has 0 aliphatic heterocycles. The van der Waals surface area contributed by atoms with Crippen LogP contribution in [0.5, 0.6) is 0 Å². The molecule has 1 unspecified atom stereocenters. The molecule has 2 amide bonds. The van der Waals surface area contributed by atoms with Crippen LogP contribution in [0.3, 0.4) is 0 Å². The third-order valence-corrected chi connectivity index (χ3v) is 7.85. The molecule has 3 rings (SSSR count). The van der Waals surface area contributed by atoms with E-state index in [0.717, 1.165) is 15.4 Å². The third-order valence-electron chi connectivity index (χ3n) is 6.08. The number of hydrogen-bond donors (Lipinski definition) is 1. The summed E-state index contributed by atoms with van der Waals surface area (Å²) in [5, 5.41) is 2.63. The Kier molecular flexibility index (Phi) is 9.25. The van der Waals surface area contributed by atoms with E-state index in [2.05, 4.69) is 5.32 Å². The van der Waals surface area contributed by atoms with Crippen LogP contribution in [0.1, 0.15) is 31.4 Å². The van der Waals surface area contributed by atoms with E-state index in [-0.39, 0.29) is 17.3 Å². The molecule has 0 bridgehead atoms. The smallest absolute Gasteiger partial charge is 0.264 e. The second kappa shape index (κ2) is 12.4. The molecule has 3 aromatic rings. The van der Waals surface area contributed by atoms with E-state index >= 15 is 0 Å². The Morgan fingerprint density at radius 3 is 2.03 bits per heavy atom. The SMILES string of the molecule is CCc1ccccc1N(CC(=O)N(Cc1ccccc1)C(CC)C(=O)NC)S(=O)(=O)c1ccccc1. The molecular formula is C28H33N3O4S. The van der Waals surface area contributed by atoms with Gasteiger partial charge in [0.2, 0.25) is 11.8 Å². The van der Waals surface area contributed by atoms with Gasteiger partial charge in [0.15, 0.2) is 0 Å². The Balaban J connectivity index is 2.08. The summed E-state index contributed by atoms with van der Waals surface area (Å²) < 4.78 is 28.8. The molecule has 1 N–H and O–H groups in total. The maximum Gasteiger partial charge on any atom is 0.264 e. The predicted octanol–water partition coefficient (Wildman–Crippen LogP) is 4.00. The van der Waals surface area contributed by atoms with Crippen molar-refractivity contribution in [3.63, 3.8) is 0 Å². The van der Waals surface area contributed by atoms with E-state index in [4.69, 9.17) is 0 Å². The van der Waals surface area contributed by atoms with Crippen LogP contribution in [0.2, 0.25) is 0 Å². The van der Waals surface area contributed by atoms with Crippen molar-refractivity contribution >= 4 is 27.5 Å². The molecule has 190 valence electrons. The average molecular weight is 508 g/mol. The van der Waals surface area contributed by atoms with Gasteiger partial charge in [-0.15, -0.1) is 0 Å². The van der Waals surface area contributed by atoms with Crippen LogP contribution in [0.15, 0.2) is 89.8 Å². The molecule has 0 spiro atoms. The zero-order chi connectivity index (χ0) is 26.1. The van der Waals surface area contributed by atoms with Crippen LogP contribution in [0.4, 0.5) is 5.69 Å². The van der Waals surface area contributed by atoms with Crippen LogP contribution in [0.25, 0.3) is 0 Å². The number of rotatable bonds is 11. The minimum atomic E-state index is -4.06. The molecule has 1 atom stereocenters. The van der Waals surface area contributed by atoms with E-state index in [0.29, 0.717) is 18.5 Å². The first kappa shape index (κ1) is 26.9. The molecule has 0 aromatic heterocycles. The van der Waals surface area contributed by atoms with Gasteiger partial charge in [-0.1, -0.05) is 80.6 Å². The number of carbonyl (C=O) groups excluding carboxylic acids is 2. The highest BCUT2D eigenvalue weighted by Gasteiger charge is 2.33. The quantitative estimate of drug-likeness (QED) is 0.425. The summed E-state index contributed by atoms with van der Waals surface area (Å²) in [6, 6.07) is 23.9. The van der Waals surface area contributed by atoms with Gasteiger partial charge in [-0.3, -0.25) is 13.9 Å². The fraction of sp³-hybridized carbons (Fsp3) is 0.286. The van der Waals surface area contributed by atoms with E-state index < -0.39 is 28.5 Å². The molecule has 0 heterocycles. The third kappa shape index (κ3) is 6.12. The first-order chi connectivity index (χ1) is 17.3. The van der Waals surface area contributed by atoms with Gasteiger partial charge in [0, 0.05) is 13.6 Å². The number of benzene rings is 3. The Bertz CT molecular complexity index is 1260. The fourth-order valence-electron chi connectivity index (χ4n) is 4.15. The highest BCUT2D eigenvalue weighted by molar-refractivity contribution is 7.92. The molecule has 0 saturated carbocycles. The number of aryl methyl sites for hydroxylation is 1. The molecule has 0 saturated heterocycles. The molecule has 36 heavy (non-hydrogen) atoms. The summed E-state index contributed by atoms with van der Waals surface area (Å²) in [5.41, 5.74) is 2.10. The van der Waals surface area contributed by atoms with Crippen molar-refractivity contribution in [1.82, 2.24) is 10.2 Å². The van der Waals surface area contributed by atoms with Gasteiger partial charge in [-0.2, -0.15) is 0 Å². The summed E-state index contributed by atoms with van der Waals surface area (Å²) in [7, 11) is -2.53. The van der Waals surface area contributed by atoms with Gasteiger partial charge in [-0.25, -0.2) is 8.42 Å². The zero-order valence-corrected chi connectivity index (χ0v) is 21.7. The van der Waals surface area contributed by atoms with Crippen LogP contribution in [-0.2, 0) is 32.6 Å². The monoisotopic (exact) mass is 507 g/mol. The molecule has 0 fully saturated rings. The van der Waals surface area contributed by atoms with Crippen molar-refractivity contribution in [3.8, 4) is 0 Å². The number of sulfonamides is 1. The van der Waals surface area contributed by atoms with Crippen molar-refractivity contribution in [2.24, 2.45) is 0 Å². The Labute approximate surface area is 213 Å². The number of anilines is 1. The summed E-state index contributed by atoms with van der Waals surface area (Å²) in [6.07, 6.45) is 0.976. The van der Waals surface area contributed by atoms with Gasteiger partial charge in [-0.05, 0) is 42.2 Å². The lowest BCUT2D eigenvalue weighted by molar-refractivity contribution is -0.140. The Morgan fingerprint density at radius 1 is 0.861 bits per heavy atom. The maximum atomic E-state index is 13.9. The standard InChI is InChI=1S/C28H33N3O4S/c1-4-23-16-12-13-19-26(23)31(36(34,35)24-17-10-7-11-18-24)21-27(32)30(25(5-2)28(33)29-3)20-22-14-8-6-9-15-22/h6-19,25H,4-5,20-21H2,1-3H3,(H,29,33).